The summed E-state index contributed by atoms with van der Waals surface area (Å²) in [5.41, 5.74) is 0. The molecule has 2 aliphatic heterocycles. The van der Waals surface area contributed by atoms with Crippen molar-refractivity contribution in [3.8, 4) is 0 Å². The van der Waals surface area contributed by atoms with Gasteiger partial charge in [-0.05, 0) is 19.5 Å². The zero-order valence-corrected chi connectivity index (χ0v) is 13.2. The molecule has 2 rings (SSSR count). The van der Waals surface area contributed by atoms with Gasteiger partial charge in [0.05, 0.1) is 31.8 Å². The van der Waals surface area contributed by atoms with E-state index in [-0.39, 0.29) is 12.1 Å². The minimum absolute atomic E-state index is 0.0250. The number of morpholine rings is 1. The molecule has 2 fully saturated rings. The number of hydrogen-bond donors (Lipinski definition) is 1. The Morgan fingerprint density at radius 2 is 2.19 bits per heavy atom. The van der Waals surface area contributed by atoms with Gasteiger partial charge in [-0.1, -0.05) is 13.8 Å². The SMILES string of the molecule is CCCN(CC1CN(CC)CCO1)C1COCC1C(=O)O. The highest BCUT2D eigenvalue weighted by atomic mass is 16.5. The van der Waals surface area contributed by atoms with Gasteiger partial charge < -0.3 is 14.6 Å². The van der Waals surface area contributed by atoms with Crippen molar-refractivity contribution < 1.29 is 19.4 Å². The Balaban J connectivity index is 1.96. The zero-order valence-electron chi connectivity index (χ0n) is 13.2. The molecule has 1 N–H and O–H groups in total. The summed E-state index contributed by atoms with van der Waals surface area (Å²) >= 11 is 0. The van der Waals surface area contributed by atoms with E-state index in [0.717, 1.165) is 45.8 Å². The topological polar surface area (TPSA) is 62.2 Å². The van der Waals surface area contributed by atoms with Crippen molar-refractivity contribution in [3.05, 3.63) is 0 Å². The summed E-state index contributed by atoms with van der Waals surface area (Å²) in [6, 6.07) is -0.0250. The van der Waals surface area contributed by atoms with E-state index in [1.54, 1.807) is 0 Å². The molecule has 6 heteroatoms. The standard InChI is InChI=1S/C15H28N2O4/c1-3-5-17(14-11-20-10-13(14)15(18)19)9-12-8-16(4-2)6-7-21-12/h12-14H,3-11H2,1-2H3,(H,18,19). The quantitative estimate of drug-likeness (QED) is 0.739. The first kappa shape index (κ1) is 16.7. The second-order valence-corrected chi connectivity index (χ2v) is 5.93. The highest BCUT2D eigenvalue weighted by molar-refractivity contribution is 5.71. The molecule has 2 aliphatic rings. The smallest absolute Gasteiger partial charge is 0.310 e. The van der Waals surface area contributed by atoms with E-state index in [0.29, 0.717) is 13.2 Å². The lowest BCUT2D eigenvalue weighted by Crippen LogP contribution is -2.52. The van der Waals surface area contributed by atoms with Crippen LogP contribution in [-0.4, -0.2) is 85.6 Å². The lowest BCUT2D eigenvalue weighted by atomic mass is 10.0. The summed E-state index contributed by atoms with van der Waals surface area (Å²) in [6.45, 7) is 10.5. The van der Waals surface area contributed by atoms with Gasteiger partial charge in [-0.2, -0.15) is 0 Å². The van der Waals surface area contributed by atoms with E-state index in [9.17, 15) is 9.90 Å². The fourth-order valence-electron chi connectivity index (χ4n) is 3.26. The highest BCUT2D eigenvalue weighted by Gasteiger charge is 2.38. The number of nitrogens with zero attached hydrogens (tertiary/aromatic N) is 2. The first-order valence-electron chi connectivity index (χ1n) is 8.04. The summed E-state index contributed by atoms with van der Waals surface area (Å²) in [7, 11) is 0. The van der Waals surface area contributed by atoms with Crippen molar-refractivity contribution in [2.24, 2.45) is 5.92 Å². The molecule has 0 spiro atoms. The molecule has 6 nitrogen and oxygen atoms in total. The Bertz CT molecular complexity index is 340. The fraction of sp³-hybridized carbons (Fsp3) is 0.933. The van der Waals surface area contributed by atoms with Gasteiger partial charge in [0.15, 0.2) is 0 Å². The number of carboxylic acid groups (broad SMARTS) is 1. The van der Waals surface area contributed by atoms with E-state index in [1.165, 1.54) is 0 Å². The summed E-state index contributed by atoms with van der Waals surface area (Å²) in [4.78, 5) is 16.0. The van der Waals surface area contributed by atoms with E-state index >= 15 is 0 Å². The van der Waals surface area contributed by atoms with Crippen LogP contribution in [-0.2, 0) is 14.3 Å². The average molecular weight is 300 g/mol. The van der Waals surface area contributed by atoms with Crippen LogP contribution in [0.5, 0.6) is 0 Å². The summed E-state index contributed by atoms with van der Waals surface area (Å²) in [6.07, 6.45) is 1.17. The third-order valence-corrected chi connectivity index (χ3v) is 4.46. The van der Waals surface area contributed by atoms with Crippen LogP contribution in [0.4, 0.5) is 0 Å². The van der Waals surface area contributed by atoms with Gasteiger partial charge in [-0.15, -0.1) is 0 Å². The summed E-state index contributed by atoms with van der Waals surface area (Å²) in [5, 5.41) is 9.34. The van der Waals surface area contributed by atoms with Gasteiger partial charge in [0.25, 0.3) is 0 Å². The maximum Gasteiger partial charge on any atom is 0.310 e. The monoisotopic (exact) mass is 300 g/mol. The second-order valence-electron chi connectivity index (χ2n) is 5.93. The molecule has 3 atom stereocenters. The third kappa shape index (κ3) is 4.39. The molecule has 2 heterocycles. The average Bonchev–Trinajstić information content (AvgIpc) is 2.96. The predicted octanol–water partition coefficient (Wildman–Crippen LogP) is 0.519. The Hall–Kier alpha value is -0.690. The van der Waals surface area contributed by atoms with Crippen LogP contribution in [0.3, 0.4) is 0 Å². The van der Waals surface area contributed by atoms with Gasteiger partial charge in [-0.3, -0.25) is 14.6 Å². The van der Waals surface area contributed by atoms with Crippen molar-refractivity contribution >= 4 is 5.97 Å². The van der Waals surface area contributed by atoms with Crippen LogP contribution in [0.1, 0.15) is 20.3 Å². The fourth-order valence-corrected chi connectivity index (χ4v) is 3.26. The summed E-state index contributed by atoms with van der Waals surface area (Å²) < 4.78 is 11.3. The van der Waals surface area contributed by atoms with Crippen molar-refractivity contribution in [2.75, 3.05) is 52.5 Å². The normalized spacial score (nSPS) is 30.9. The number of carbonyl (C=O) groups is 1. The Morgan fingerprint density at radius 1 is 1.38 bits per heavy atom. The lowest BCUT2D eigenvalue weighted by Gasteiger charge is -2.37. The van der Waals surface area contributed by atoms with E-state index in [2.05, 4.69) is 23.6 Å². The molecule has 0 bridgehead atoms. The number of rotatable bonds is 7. The number of hydrogen-bond acceptors (Lipinski definition) is 5. The van der Waals surface area contributed by atoms with E-state index < -0.39 is 11.9 Å². The molecule has 0 amide bonds. The van der Waals surface area contributed by atoms with Crippen molar-refractivity contribution in [1.82, 2.24) is 9.80 Å². The number of carboxylic acids is 1. The molecule has 0 radical (unpaired) electrons. The van der Waals surface area contributed by atoms with Gasteiger partial charge in [0.2, 0.25) is 0 Å². The third-order valence-electron chi connectivity index (χ3n) is 4.46. The molecule has 122 valence electrons. The van der Waals surface area contributed by atoms with Gasteiger partial charge in [0, 0.05) is 25.7 Å². The molecule has 0 saturated carbocycles. The van der Waals surface area contributed by atoms with Crippen LogP contribution in [0.15, 0.2) is 0 Å². The molecule has 0 aromatic carbocycles. The Kier molecular flexibility index (Phi) is 6.41. The minimum atomic E-state index is -0.752. The van der Waals surface area contributed by atoms with Crippen LogP contribution in [0.25, 0.3) is 0 Å². The second kappa shape index (κ2) is 8.08. The molecule has 2 saturated heterocycles. The maximum absolute atomic E-state index is 11.4. The molecule has 21 heavy (non-hydrogen) atoms. The summed E-state index contributed by atoms with van der Waals surface area (Å²) in [5.74, 6) is -1.17. The predicted molar refractivity (Wildman–Crippen MR) is 79.5 cm³/mol. The molecule has 0 aliphatic carbocycles. The largest absolute Gasteiger partial charge is 0.481 e. The Labute approximate surface area is 127 Å². The van der Waals surface area contributed by atoms with Crippen LogP contribution in [0.2, 0.25) is 0 Å². The number of aliphatic carboxylic acids is 1. The molecular weight excluding hydrogens is 272 g/mol. The number of ether oxygens (including phenoxy) is 2. The molecule has 0 aromatic rings. The molecular formula is C15H28N2O4. The van der Waals surface area contributed by atoms with Crippen molar-refractivity contribution in [1.29, 1.82) is 0 Å². The van der Waals surface area contributed by atoms with Crippen LogP contribution in [0, 0.1) is 5.92 Å². The van der Waals surface area contributed by atoms with Crippen molar-refractivity contribution in [2.45, 2.75) is 32.4 Å². The first-order chi connectivity index (χ1) is 10.2. The first-order valence-corrected chi connectivity index (χ1v) is 8.04. The molecule has 0 aromatic heterocycles. The van der Waals surface area contributed by atoms with Crippen molar-refractivity contribution in [3.63, 3.8) is 0 Å². The van der Waals surface area contributed by atoms with Gasteiger partial charge in [-0.25, -0.2) is 0 Å². The minimum Gasteiger partial charge on any atom is -0.481 e. The van der Waals surface area contributed by atoms with E-state index in [1.807, 2.05) is 0 Å². The highest BCUT2D eigenvalue weighted by Crippen LogP contribution is 2.21. The molecule has 3 unspecified atom stereocenters. The maximum atomic E-state index is 11.4. The van der Waals surface area contributed by atoms with Crippen LogP contribution < -0.4 is 0 Å². The Morgan fingerprint density at radius 3 is 2.86 bits per heavy atom. The lowest BCUT2D eigenvalue weighted by molar-refractivity contribution is -0.143. The van der Waals surface area contributed by atoms with Crippen LogP contribution >= 0.6 is 0 Å². The zero-order chi connectivity index (χ0) is 15.2. The van der Waals surface area contributed by atoms with E-state index in [4.69, 9.17) is 9.47 Å². The van der Waals surface area contributed by atoms with Gasteiger partial charge >= 0.3 is 5.97 Å². The van der Waals surface area contributed by atoms with Gasteiger partial charge in [0.1, 0.15) is 0 Å². The number of likely N-dealkylation sites (N-methyl/N-ethyl adjacent to an activating group) is 1.